The van der Waals surface area contributed by atoms with Crippen LogP contribution >= 0.6 is 23.4 Å². The molecule has 5 heteroatoms. The molecule has 88 valence electrons. The molecule has 0 amide bonds. The highest BCUT2D eigenvalue weighted by Gasteiger charge is 2.10. The van der Waals surface area contributed by atoms with Crippen molar-refractivity contribution in [1.82, 2.24) is 9.88 Å². The predicted molar refractivity (Wildman–Crippen MR) is 67.2 cm³/mol. The number of nitrogens with zero attached hydrogens (tertiary/aromatic N) is 2. The minimum absolute atomic E-state index is 0.606. The maximum Gasteiger partial charge on any atom is 0.142 e. The van der Waals surface area contributed by atoms with Crippen molar-refractivity contribution in [3.05, 3.63) is 23.5 Å². The fourth-order valence-electron chi connectivity index (χ4n) is 1.59. The van der Waals surface area contributed by atoms with Gasteiger partial charge < -0.3 is 4.74 Å². The zero-order chi connectivity index (χ0) is 11.2. The van der Waals surface area contributed by atoms with Crippen molar-refractivity contribution in [2.24, 2.45) is 0 Å². The Morgan fingerprint density at radius 1 is 1.44 bits per heavy atom. The van der Waals surface area contributed by atoms with Gasteiger partial charge in [-0.25, -0.2) is 4.98 Å². The van der Waals surface area contributed by atoms with Crippen LogP contribution in [0.25, 0.3) is 0 Å². The van der Waals surface area contributed by atoms with Crippen LogP contribution in [0, 0.1) is 0 Å². The highest BCUT2D eigenvalue weighted by Crippen LogP contribution is 2.24. The van der Waals surface area contributed by atoms with Crippen LogP contribution in [0.15, 0.2) is 23.2 Å². The quantitative estimate of drug-likeness (QED) is 0.611. The first-order valence-electron chi connectivity index (χ1n) is 5.39. The van der Waals surface area contributed by atoms with Crippen LogP contribution in [0.4, 0.5) is 0 Å². The summed E-state index contributed by atoms with van der Waals surface area (Å²) in [5, 5.41) is 0.606. The third-order valence-corrected chi connectivity index (χ3v) is 3.93. The average Bonchev–Trinajstić information content (AvgIpc) is 2.33. The smallest absolute Gasteiger partial charge is 0.142 e. The van der Waals surface area contributed by atoms with E-state index in [9.17, 15) is 0 Å². The fourth-order valence-corrected chi connectivity index (χ4v) is 2.79. The molecule has 0 atom stereocenters. The van der Waals surface area contributed by atoms with Gasteiger partial charge in [-0.15, -0.1) is 11.8 Å². The first-order valence-corrected chi connectivity index (χ1v) is 6.76. The van der Waals surface area contributed by atoms with Crippen LogP contribution in [-0.2, 0) is 4.74 Å². The SMILES string of the molecule is Clc1ncccc1SCCN1CCOCC1. The van der Waals surface area contributed by atoms with E-state index in [4.69, 9.17) is 16.3 Å². The van der Waals surface area contributed by atoms with Crippen LogP contribution in [0.5, 0.6) is 0 Å². The van der Waals surface area contributed by atoms with Crippen LogP contribution < -0.4 is 0 Å². The van der Waals surface area contributed by atoms with Gasteiger partial charge in [0.25, 0.3) is 0 Å². The zero-order valence-corrected chi connectivity index (χ0v) is 10.6. The second-order valence-electron chi connectivity index (χ2n) is 3.59. The van der Waals surface area contributed by atoms with E-state index in [0.29, 0.717) is 5.15 Å². The lowest BCUT2D eigenvalue weighted by Gasteiger charge is -2.26. The molecule has 1 saturated heterocycles. The highest BCUT2D eigenvalue weighted by atomic mass is 35.5. The third-order valence-electron chi connectivity index (χ3n) is 2.49. The summed E-state index contributed by atoms with van der Waals surface area (Å²) >= 11 is 7.74. The fraction of sp³-hybridized carbons (Fsp3) is 0.545. The molecule has 1 aromatic heterocycles. The molecule has 0 aromatic carbocycles. The van der Waals surface area contributed by atoms with Crippen LogP contribution in [-0.4, -0.2) is 48.5 Å². The van der Waals surface area contributed by atoms with Gasteiger partial charge in [0.2, 0.25) is 0 Å². The van der Waals surface area contributed by atoms with Crippen molar-refractivity contribution in [2.75, 3.05) is 38.6 Å². The molecule has 0 aliphatic carbocycles. The predicted octanol–water partition coefficient (Wildman–Crippen LogP) is 2.16. The lowest BCUT2D eigenvalue weighted by molar-refractivity contribution is 0.0410. The van der Waals surface area contributed by atoms with E-state index in [1.165, 1.54) is 0 Å². The van der Waals surface area contributed by atoms with Crippen molar-refractivity contribution in [3.8, 4) is 0 Å². The van der Waals surface area contributed by atoms with Gasteiger partial charge in [0, 0.05) is 36.5 Å². The average molecular weight is 259 g/mol. The number of morpholine rings is 1. The molecule has 2 rings (SSSR count). The van der Waals surface area contributed by atoms with Gasteiger partial charge in [0.05, 0.1) is 13.2 Å². The summed E-state index contributed by atoms with van der Waals surface area (Å²) in [5.41, 5.74) is 0. The van der Waals surface area contributed by atoms with Gasteiger partial charge in [-0.2, -0.15) is 0 Å². The molecule has 0 saturated carbocycles. The number of hydrogen-bond acceptors (Lipinski definition) is 4. The Labute approximate surface area is 105 Å². The Hall–Kier alpha value is -0.290. The molecule has 0 N–H and O–H groups in total. The molecule has 3 nitrogen and oxygen atoms in total. The van der Waals surface area contributed by atoms with E-state index in [1.54, 1.807) is 18.0 Å². The van der Waals surface area contributed by atoms with Crippen molar-refractivity contribution in [3.63, 3.8) is 0 Å². The maximum atomic E-state index is 5.98. The summed E-state index contributed by atoms with van der Waals surface area (Å²) in [4.78, 5) is 7.54. The molecule has 1 aromatic rings. The molecule has 1 fully saturated rings. The van der Waals surface area contributed by atoms with Crippen LogP contribution in [0.3, 0.4) is 0 Å². The second kappa shape index (κ2) is 6.45. The minimum Gasteiger partial charge on any atom is -0.379 e. The van der Waals surface area contributed by atoms with Gasteiger partial charge in [-0.3, -0.25) is 4.90 Å². The van der Waals surface area contributed by atoms with Gasteiger partial charge in [0.15, 0.2) is 0 Å². The van der Waals surface area contributed by atoms with Crippen LogP contribution in [0.2, 0.25) is 5.15 Å². The molecule has 0 radical (unpaired) electrons. The summed E-state index contributed by atoms with van der Waals surface area (Å²) in [5.74, 6) is 1.05. The molecular formula is C11H15ClN2OS. The molecule has 0 unspecified atom stereocenters. The van der Waals surface area contributed by atoms with Gasteiger partial charge in [-0.1, -0.05) is 11.6 Å². The van der Waals surface area contributed by atoms with Crippen LogP contribution in [0.1, 0.15) is 0 Å². The number of rotatable bonds is 4. The summed E-state index contributed by atoms with van der Waals surface area (Å²) in [6.45, 7) is 4.89. The molecule has 16 heavy (non-hydrogen) atoms. The van der Waals surface area contributed by atoms with Crippen molar-refractivity contribution in [2.45, 2.75) is 4.90 Å². The summed E-state index contributed by atoms with van der Waals surface area (Å²) in [7, 11) is 0. The van der Waals surface area contributed by atoms with E-state index in [0.717, 1.165) is 43.5 Å². The van der Waals surface area contributed by atoms with Crippen molar-refractivity contribution in [1.29, 1.82) is 0 Å². The first kappa shape index (κ1) is 12.2. The van der Waals surface area contributed by atoms with Crippen molar-refractivity contribution < 1.29 is 4.74 Å². The molecular weight excluding hydrogens is 244 g/mol. The lowest BCUT2D eigenvalue weighted by atomic mass is 10.4. The summed E-state index contributed by atoms with van der Waals surface area (Å²) in [6, 6.07) is 3.93. The van der Waals surface area contributed by atoms with Gasteiger partial charge in [0.1, 0.15) is 5.15 Å². The topological polar surface area (TPSA) is 25.4 Å². The number of ether oxygens (including phenoxy) is 1. The number of pyridine rings is 1. The Kier molecular flexibility index (Phi) is 4.91. The summed E-state index contributed by atoms with van der Waals surface area (Å²) in [6.07, 6.45) is 1.72. The molecule has 0 bridgehead atoms. The van der Waals surface area contributed by atoms with E-state index in [1.807, 2.05) is 12.1 Å². The molecule has 0 spiro atoms. The van der Waals surface area contributed by atoms with Gasteiger partial charge in [-0.05, 0) is 12.1 Å². The molecule has 1 aliphatic heterocycles. The number of hydrogen-bond donors (Lipinski definition) is 0. The number of aromatic nitrogens is 1. The van der Waals surface area contributed by atoms with Gasteiger partial charge >= 0.3 is 0 Å². The number of halogens is 1. The standard InChI is InChI=1S/C11H15ClN2OS/c12-11-10(2-1-3-13-11)16-9-6-14-4-7-15-8-5-14/h1-3H,4-9H2. The van der Waals surface area contributed by atoms with Crippen molar-refractivity contribution >= 4 is 23.4 Å². The summed E-state index contributed by atoms with van der Waals surface area (Å²) < 4.78 is 5.30. The number of thioether (sulfide) groups is 1. The minimum atomic E-state index is 0.606. The zero-order valence-electron chi connectivity index (χ0n) is 9.06. The Balaban J connectivity index is 1.73. The lowest BCUT2D eigenvalue weighted by Crippen LogP contribution is -2.37. The monoisotopic (exact) mass is 258 g/mol. The Bertz CT molecular complexity index is 332. The second-order valence-corrected chi connectivity index (χ2v) is 5.09. The Morgan fingerprint density at radius 3 is 3.00 bits per heavy atom. The Morgan fingerprint density at radius 2 is 2.25 bits per heavy atom. The largest absolute Gasteiger partial charge is 0.379 e. The van der Waals surface area contributed by atoms with E-state index in [2.05, 4.69) is 9.88 Å². The first-order chi connectivity index (χ1) is 7.86. The molecule has 2 heterocycles. The van der Waals surface area contributed by atoms with E-state index >= 15 is 0 Å². The van der Waals surface area contributed by atoms with E-state index in [-0.39, 0.29) is 0 Å². The third kappa shape index (κ3) is 3.63. The normalized spacial score (nSPS) is 17.6. The highest BCUT2D eigenvalue weighted by molar-refractivity contribution is 7.99. The van der Waals surface area contributed by atoms with E-state index < -0.39 is 0 Å². The maximum absolute atomic E-state index is 5.98. The molecule has 1 aliphatic rings.